The molecule has 1 N–H and O–H groups in total. The summed E-state index contributed by atoms with van der Waals surface area (Å²) in [6.45, 7) is 2.37. The SMILES string of the molecule is C[N+]1=C(c2ccccc2)[NH+](C)CC1. The highest BCUT2D eigenvalue weighted by Crippen LogP contribution is 1.98. The van der Waals surface area contributed by atoms with Gasteiger partial charge in [-0.1, -0.05) is 18.2 Å². The highest BCUT2D eigenvalue weighted by Gasteiger charge is 2.30. The molecule has 2 rings (SSSR count). The average Bonchev–Trinajstić information content (AvgIpc) is 2.48. The highest BCUT2D eigenvalue weighted by molar-refractivity contribution is 5.88. The van der Waals surface area contributed by atoms with Gasteiger partial charge in [-0.3, -0.25) is 0 Å². The summed E-state index contributed by atoms with van der Waals surface area (Å²) in [5, 5.41) is 0. The van der Waals surface area contributed by atoms with Gasteiger partial charge in [-0.25, -0.2) is 4.90 Å². The maximum Gasteiger partial charge on any atom is 0.369 e. The normalized spacial score (nSPS) is 22.5. The molecule has 2 heteroatoms. The van der Waals surface area contributed by atoms with Gasteiger partial charge in [0.25, 0.3) is 0 Å². The Morgan fingerprint density at radius 2 is 1.92 bits per heavy atom. The van der Waals surface area contributed by atoms with Gasteiger partial charge in [-0.05, 0) is 12.1 Å². The van der Waals surface area contributed by atoms with Crippen molar-refractivity contribution in [2.24, 2.45) is 0 Å². The van der Waals surface area contributed by atoms with Crippen LogP contribution in [-0.2, 0) is 0 Å². The zero-order valence-electron chi connectivity index (χ0n) is 8.25. The first-order valence-electron chi connectivity index (χ1n) is 4.75. The van der Waals surface area contributed by atoms with Crippen LogP contribution in [0.2, 0.25) is 0 Å². The van der Waals surface area contributed by atoms with E-state index in [-0.39, 0.29) is 0 Å². The Hall–Kier alpha value is -1.15. The standard InChI is InChI=1S/C11H15N2/c1-12-8-9-13(2)11(12)10-6-4-3-5-7-10/h3-7H,8-9H2,1-2H3/q+1/p+1. The van der Waals surface area contributed by atoms with Crippen molar-refractivity contribution in [2.75, 3.05) is 27.2 Å². The number of likely N-dealkylation sites (N-methyl/N-ethyl adjacent to an activating group) is 2. The Morgan fingerprint density at radius 1 is 1.23 bits per heavy atom. The summed E-state index contributed by atoms with van der Waals surface area (Å²) in [5.74, 6) is 1.42. The third-order valence-corrected chi connectivity index (χ3v) is 2.66. The molecule has 1 atom stereocenters. The van der Waals surface area contributed by atoms with Gasteiger partial charge in [-0.2, -0.15) is 4.58 Å². The molecule has 0 bridgehead atoms. The lowest BCUT2D eigenvalue weighted by molar-refractivity contribution is -0.776. The molecule has 1 aromatic rings. The van der Waals surface area contributed by atoms with E-state index in [0.717, 1.165) is 6.54 Å². The minimum atomic E-state index is 1.16. The number of quaternary nitrogens is 1. The molecule has 1 aliphatic heterocycles. The predicted molar refractivity (Wildman–Crippen MR) is 53.4 cm³/mol. The van der Waals surface area contributed by atoms with E-state index in [1.54, 1.807) is 0 Å². The van der Waals surface area contributed by atoms with Crippen LogP contribution >= 0.6 is 0 Å². The van der Waals surface area contributed by atoms with Crippen molar-refractivity contribution >= 4 is 5.84 Å². The summed E-state index contributed by atoms with van der Waals surface area (Å²) in [4.78, 5) is 1.51. The smallest absolute Gasteiger partial charge is 0.244 e. The maximum absolute atomic E-state index is 2.34. The van der Waals surface area contributed by atoms with Crippen LogP contribution in [0.1, 0.15) is 5.56 Å². The van der Waals surface area contributed by atoms with Crippen molar-refractivity contribution in [3.63, 3.8) is 0 Å². The number of nitrogens with one attached hydrogen (secondary N) is 1. The highest BCUT2D eigenvalue weighted by atomic mass is 15.3. The number of hydrogen-bond acceptors (Lipinski definition) is 0. The summed E-state index contributed by atoms with van der Waals surface area (Å²) in [5.41, 5.74) is 1.35. The van der Waals surface area contributed by atoms with Crippen LogP contribution in [0, 0.1) is 0 Å². The Labute approximate surface area is 79.1 Å². The van der Waals surface area contributed by atoms with Crippen LogP contribution in [-0.4, -0.2) is 37.6 Å². The third-order valence-electron chi connectivity index (χ3n) is 2.66. The van der Waals surface area contributed by atoms with Crippen LogP contribution in [0.3, 0.4) is 0 Å². The second-order valence-corrected chi connectivity index (χ2v) is 3.67. The number of benzene rings is 1. The predicted octanol–water partition coefficient (Wildman–Crippen LogP) is -0.396. The second-order valence-electron chi connectivity index (χ2n) is 3.67. The fourth-order valence-electron chi connectivity index (χ4n) is 1.95. The number of nitrogens with zero attached hydrogens (tertiary/aromatic N) is 1. The molecule has 0 aliphatic carbocycles. The molecule has 1 heterocycles. The fourth-order valence-corrected chi connectivity index (χ4v) is 1.95. The summed E-state index contributed by atoms with van der Waals surface area (Å²) < 4.78 is 2.34. The lowest BCUT2D eigenvalue weighted by Crippen LogP contribution is -3.10. The second kappa shape index (κ2) is 3.30. The van der Waals surface area contributed by atoms with E-state index in [1.165, 1.54) is 22.8 Å². The van der Waals surface area contributed by atoms with Gasteiger partial charge in [0.1, 0.15) is 19.2 Å². The van der Waals surface area contributed by atoms with Crippen molar-refractivity contribution in [1.29, 1.82) is 0 Å². The molecule has 1 aliphatic rings. The van der Waals surface area contributed by atoms with E-state index >= 15 is 0 Å². The van der Waals surface area contributed by atoms with E-state index in [2.05, 4.69) is 49.0 Å². The largest absolute Gasteiger partial charge is 0.369 e. The molecule has 0 saturated carbocycles. The van der Waals surface area contributed by atoms with E-state index in [1.807, 2.05) is 0 Å². The first-order chi connectivity index (χ1) is 6.29. The molecule has 13 heavy (non-hydrogen) atoms. The van der Waals surface area contributed by atoms with Crippen molar-refractivity contribution in [3.05, 3.63) is 35.9 Å². The monoisotopic (exact) mass is 176 g/mol. The Balaban J connectivity index is 2.41. The van der Waals surface area contributed by atoms with Crippen LogP contribution < -0.4 is 4.90 Å². The molecule has 0 fully saturated rings. The van der Waals surface area contributed by atoms with E-state index < -0.39 is 0 Å². The van der Waals surface area contributed by atoms with Crippen molar-refractivity contribution in [3.8, 4) is 0 Å². The van der Waals surface area contributed by atoms with Crippen LogP contribution in [0.25, 0.3) is 0 Å². The van der Waals surface area contributed by atoms with Crippen LogP contribution in [0.15, 0.2) is 30.3 Å². The zero-order chi connectivity index (χ0) is 9.26. The van der Waals surface area contributed by atoms with Crippen LogP contribution in [0.5, 0.6) is 0 Å². The van der Waals surface area contributed by atoms with Crippen molar-refractivity contribution in [2.45, 2.75) is 0 Å². The minimum Gasteiger partial charge on any atom is -0.244 e. The number of hydrogen-bond donors (Lipinski definition) is 1. The molecule has 0 aromatic heterocycles. The first kappa shape index (κ1) is 8.45. The van der Waals surface area contributed by atoms with Gasteiger partial charge in [0.2, 0.25) is 0 Å². The molecular formula is C11H16N2+2. The molecule has 0 saturated heterocycles. The molecule has 2 nitrogen and oxygen atoms in total. The van der Waals surface area contributed by atoms with Gasteiger partial charge in [-0.15, -0.1) is 0 Å². The first-order valence-corrected chi connectivity index (χ1v) is 4.75. The fraction of sp³-hybridized carbons (Fsp3) is 0.364. The molecule has 1 aromatic carbocycles. The van der Waals surface area contributed by atoms with Gasteiger partial charge < -0.3 is 0 Å². The van der Waals surface area contributed by atoms with Gasteiger partial charge in [0, 0.05) is 0 Å². The number of amidine groups is 1. The molecular weight excluding hydrogens is 160 g/mol. The Bertz CT molecular complexity index is 327. The Morgan fingerprint density at radius 3 is 2.46 bits per heavy atom. The van der Waals surface area contributed by atoms with Crippen LogP contribution in [0.4, 0.5) is 0 Å². The van der Waals surface area contributed by atoms with Gasteiger partial charge >= 0.3 is 5.84 Å². The third kappa shape index (κ3) is 1.49. The van der Waals surface area contributed by atoms with Gasteiger partial charge in [0.15, 0.2) is 6.54 Å². The molecule has 1 unspecified atom stereocenters. The summed E-state index contributed by atoms with van der Waals surface area (Å²) in [6.07, 6.45) is 0. The quantitative estimate of drug-likeness (QED) is 0.557. The average molecular weight is 176 g/mol. The molecule has 68 valence electrons. The summed E-state index contributed by atoms with van der Waals surface area (Å²) >= 11 is 0. The summed E-state index contributed by atoms with van der Waals surface area (Å²) in [6, 6.07) is 10.6. The Kier molecular flexibility index (Phi) is 2.15. The lowest BCUT2D eigenvalue weighted by Gasteiger charge is -2.02. The molecule has 0 radical (unpaired) electrons. The van der Waals surface area contributed by atoms with E-state index in [4.69, 9.17) is 0 Å². The minimum absolute atomic E-state index is 1.16. The topological polar surface area (TPSA) is 7.45 Å². The molecule has 0 spiro atoms. The summed E-state index contributed by atoms with van der Waals surface area (Å²) in [7, 11) is 4.39. The number of rotatable bonds is 1. The van der Waals surface area contributed by atoms with E-state index in [0.29, 0.717) is 0 Å². The van der Waals surface area contributed by atoms with Crippen molar-refractivity contribution < 1.29 is 9.48 Å². The zero-order valence-corrected chi connectivity index (χ0v) is 8.25. The van der Waals surface area contributed by atoms with E-state index in [9.17, 15) is 0 Å². The molecule has 0 amide bonds. The lowest BCUT2D eigenvalue weighted by atomic mass is 10.2. The van der Waals surface area contributed by atoms with Crippen molar-refractivity contribution in [1.82, 2.24) is 0 Å². The maximum atomic E-state index is 2.34. The van der Waals surface area contributed by atoms with Gasteiger partial charge in [0.05, 0.1) is 7.05 Å².